The van der Waals surface area contributed by atoms with Gasteiger partial charge < -0.3 is 42.0 Å². The summed E-state index contributed by atoms with van der Waals surface area (Å²) in [5.74, 6) is -4.89. The summed E-state index contributed by atoms with van der Waals surface area (Å²) in [7, 11) is -5.11. The number of carbonyl (C=O) groups is 6. The average Bonchev–Trinajstić information content (AvgIpc) is 3.25. The summed E-state index contributed by atoms with van der Waals surface area (Å²) in [5, 5.41) is 0. The highest BCUT2D eigenvalue weighted by Crippen LogP contribution is 2.52. The maximum Gasteiger partial charge on any atom is 0.647 e. The van der Waals surface area contributed by atoms with Crippen LogP contribution in [0.1, 0.15) is 74.9 Å². The van der Waals surface area contributed by atoms with Gasteiger partial charge in [-0.3, -0.25) is 0 Å². The Balaban J connectivity index is 2.26. The highest BCUT2D eigenvalue weighted by molar-refractivity contribution is 7.49. The van der Waals surface area contributed by atoms with Crippen LogP contribution in [0.2, 0.25) is 0 Å². The van der Waals surface area contributed by atoms with Crippen molar-refractivity contribution < 1.29 is 75.3 Å². The third-order valence-electron chi connectivity index (χ3n) is 8.28. The number of phosphoric ester groups is 1. The Hall–Kier alpha value is -7.45. The second-order valence-electron chi connectivity index (χ2n) is 14.7. The maximum absolute atomic E-state index is 15.4. The first-order chi connectivity index (χ1) is 30.5. The first kappa shape index (κ1) is 51.9. The maximum atomic E-state index is 15.4. The molecule has 3 aromatic carbocycles. The van der Waals surface area contributed by atoms with Crippen LogP contribution in [-0.4, -0.2) is 35.8 Å². The summed E-state index contributed by atoms with van der Waals surface area (Å²) in [6, 6.07) is 12.8. The van der Waals surface area contributed by atoms with E-state index in [9.17, 15) is 28.8 Å². The van der Waals surface area contributed by atoms with E-state index in [1.165, 1.54) is 96.1 Å². The molecule has 0 radical (unpaired) electrons. The molecule has 0 N–H and O–H groups in total. The molecule has 0 aromatic heterocycles. The van der Waals surface area contributed by atoms with E-state index in [1.54, 1.807) is 0 Å². The van der Waals surface area contributed by atoms with Crippen molar-refractivity contribution in [2.45, 2.75) is 81.2 Å². The zero-order valence-corrected chi connectivity index (χ0v) is 38.1. The van der Waals surface area contributed by atoms with Crippen LogP contribution in [-0.2, 0) is 101 Å². The van der Waals surface area contributed by atoms with Gasteiger partial charge in [0.2, 0.25) is 0 Å². The molecule has 0 unspecified atom stereocenters. The lowest BCUT2D eigenvalue weighted by atomic mass is 10.1. The lowest BCUT2D eigenvalue weighted by Gasteiger charge is -2.24. The van der Waals surface area contributed by atoms with E-state index in [4.69, 9.17) is 42.0 Å². The van der Waals surface area contributed by atoms with Crippen LogP contribution in [0.25, 0.3) is 0 Å². The van der Waals surface area contributed by atoms with Crippen LogP contribution in [0.4, 0.5) is 0 Å². The molecule has 3 aromatic rings. The molecule has 0 fully saturated rings. The van der Waals surface area contributed by atoms with E-state index in [0.717, 1.165) is 0 Å². The molecule has 0 bridgehead atoms. The normalized spacial score (nSPS) is 10.6. The fraction of sp³-hybridized carbons (Fsp3) is 0.250. The monoisotopic (exact) mass is 914 g/mol. The van der Waals surface area contributed by atoms with E-state index >= 15 is 4.57 Å². The standard InChI is InChI=1S/C48H51O16P/c1-28(2)43(49)56-22-34-13-16-40(37(19-34)25-59-46(52)31(7)8)62-65(55,63-41-17-14-35(23-57-44(50)29(3)4)20-38(41)26-60-47(53)32(9)10)64-42-18-15-36(24-58-45(51)30(5)6)21-39(42)27-61-48(54)33(11)12/h13-21H,1,3,5,7,9,11,22-27H2,2,4,6,8,10,12H3. The van der Waals surface area contributed by atoms with E-state index in [1.807, 2.05) is 0 Å². The van der Waals surface area contributed by atoms with Crippen LogP contribution >= 0.6 is 7.82 Å². The third kappa shape index (κ3) is 16.6. The Kier molecular flexibility index (Phi) is 19.0. The second-order valence-corrected chi connectivity index (χ2v) is 16.1. The Labute approximate surface area is 377 Å². The molecule has 65 heavy (non-hydrogen) atoms. The van der Waals surface area contributed by atoms with Crippen molar-refractivity contribution in [1.29, 1.82) is 0 Å². The molecule has 0 heterocycles. The van der Waals surface area contributed by atoms with Crippen molar-refractivity contribution in [3.05, 3.63) is 161 Å². The van der Waals surface area contributed by atoms with Crippen molar-refractivity contribution >= 4 is 43.6 Å². The predicted octanol–water partition coefficient (Wildman–Crippen LogP) is 9.05. The molecule has 0 saturated carbocycles. The second kappa shape index (κ2) is 23.8. The van der Waals surface area contributed by atoms with E-state index in [-0.39, 0.29) is 87.2 Å². The first-order valence-electron chi connectivity index (χ1n) is 19.5. The Morgan fingerprint density at radius 1 is 0.369 bits per heavy atom. The van der Waals surface area contributed by atoms with Gasteiger partial charge in [0.25, 0.3) is 0 Å². The molecule has 0 aliphatic heterocycles. The van der Waals surface area contributed by atoms with E-state index < -0.39 is 63.5 Å². The molecule has 0 spiro atoms. The van der Waals surface area contributed by atoms with Gasteiger partial charge in [-0.05, 0) is 94.6 Å². The third-order valence-corrected chi connectivity index (χ3v) is 9.54. The van der Waals surface area contributed by atoms with Crippen LogP contribution in [0, 0.1) is 0 Å². The van der Waals surface area contributed by atoms with Gasteiger partial charge in [-0.15, -0.1) is 0 Å². The van der Waals surface area contributed by atoms with Crippen molar-refractivity contribution in [2.24, 2.45) is 0 Å². The minimum atomic E-state index is -5.11. The van der Waals surface area contributed by atoms with Gasteiger partial charge in [0.15, 0.2) is 0 Å². The molecular weight excluding hydrogens is 863 g/mol. The van der Waals surface area contributed by atoms with Gasteiger partial charge in [0, 0.05) is 50.1 Å². The molecule has 16 nitrogen and oxygen atoms in total. The lowest BCUT2D eigenvalue weighted by Crippen LogP contribution is -2.14. The number of hydrogen-bond donors (Lipinski definition) is 0. The number of benzene rings is 3. The van der Waals surface area contributed by atoms with Gasteiger partial charge in [0.1, 0.15) is 56.9 Å². The summed E-state index contributed by atoms with van der Waals surface area (Å²) in [6.07, 6.45) is 0. The summed E-state index contributed by atoms with van der Waals surface area (Å²) < 4.78 is 65.9. The van der Waals surface area contributed by atoms with Gasteiger partial charge in [0.05, 0.1) is 0 Å². The lowest BCUT2D eigenvalue weighted by molar-refractivity contribution is -0.141. The first-order valence-corrected chi connectivity index (χ1v) is 20.9. The number of rotatable bonds is 24. The number of hydrogen-bond acceptors (Lipinski definition) is 16. The quantitative estimate of drug-likeness (QED) is 0.0356. The summed E-state index contributed by atoms with van der Waals surface area (Å²) >= 11 is 0. The van der Waals surface area contributed by atoms with Gasteiger partial charge >= 0.3 is 43.6 Å². The molecule has 0 aliphatic carbocycles. The topological polar surface area (TPSA) is 203 Å². The van der Waals surface area contributed by atoms with Gasteiger partial charge in [-0.2, -0.15) is 4.57 Å². The Morgan fingerprint density at radius 2 is 0.569 bits per heavy atom. The summed E-state index contributed by atoms with van der Waals surface area (Å²) in [5.41, 5.74) is 2.20. The smallest absolute Gasteiger partial charge is 0.457 e. The molecule has 3 rings (SSSR count). The SMILES string of the molecule is C=C(C)C(=O)OCc1ccc(OP(=O)(Oc2ccc(COC(=O)C(=C)C)cc2COC(=O)C(=C)C)Oc2ccc(COC(=O)C(=C)C)cc2COC(=O)C(=C)C)c(COC(=O)C(=C)C)c1. The average molecular weight is 915 g/mol. The molecule has 17 heteroatoms. The fourth-order valence-electron chi connectivity index (χ4n) is 4.81. The molecule has 0 amide bonds. The van der Waals surface area contributed by atoms with E-state index in [0.29, 0.717) is 16.7 Å². The Bertz CT molecular complexity index is 2220. The van der Waals surface area contributed by atoms with Crippen LogP contribution in [0.5, 0.6) is 17.2 Å². The largest absolute Gasteiger partial charge is 0.647 e. The predicted molar refractivity (Wildman–Crippen MR) is 236 cm³/mol. The van der Waals surface area contributed by atoms with Crippen LogP contribution in [0.3, 0.4) is 0 Å². The zero-order chi connectivity index (χ0) is 48.6. The van der Waals surface area contributed by atoms with Crippen LogP contribution in [0.15, 0.2) is 128 Å². The van der Waals surface area contributed by atoms with Gasteiger partial charge in [-0.25, -0.2) is 28.8 Å². The fourth-order valence-corrected chi connectivity index (χ4v) is 6.18. The highest BCUT2D eigenvalue weighted by Gasteiger charge is 2.36. The number of carbonyl (C=O) groups excluding carboxylic acids is 6. The Morgan fingerprint density at radius 3 is 0.769 bits per heavy atom. The molecule has 0 saturated heterocycles. The van der Waals surface area contributed by atoms with Crippen LogP contribution < -0.4 is 13.6 Å². The molecule has 344 valence electrons. The molecule has 0 atom stereocenters. The number of esters is 6. The van der Waals surface area contributed by atoms with Gasteiger partial charge in [-0.1, -0.05) is 57.7 Å². The van der Waals surface area contributed by atoms with Crippen molar-refractivity contribution in [2.75, 3.05) is 0 Å². The number of ether oxygens (including phenoxy) is 6. The summed E-state index contributed by atoms with van der Waals surface area (Å²) in [6.45, 7) is 28.1. The molecule has 0 aliphatic rings. The van der Waals surface area contributed by atoms with Crippen molar-refractivity contribution in [1.82, 2.24) is 0 Å². The minimum Gasteiger partial charge on any atom is -0.457 e. The minimum absolute atomic E-state index is 0.0757. The van der Waals surface area contributed by atoms with Crippen molar-refractivity contribution in [3.63, 3.8) is 0 Å². The van der Waals surface area contributed by atoms with E-state index in [2.05, 4.69) is 39.5 Å². The number of phosphoric acid groups is 1. The molecular formula is C48H51O16P. The zero-order valence-electron chi connectivity index (χ0n) is 37.2. The highest BCUT2D eigenvalue weighted by atomic mass is 31.2. The van der Waals surface area contributed by atoms with Crippen molar-refractivity contribution in [3.8, 4) is 17.2 Å². The summed E-state index contributed by atoms with van der Waals surface area (Å²) in [4.78, 5) is 74.2.